The number of carboxylic acids is 2. The number of hydrogen-bond donors (Lipinski definition) is 2. The molecule has 0 aromatic rings. The first kappa shape index (κ1) is 17.8. The van der Waals surface area contributed by atoms with Gasteiger partial charge >= 0.3 is 11.9 Å². The summed E-state index contributed by atoms with van der Waals surface area (Å²) in [5.74, 6) is -2.78. The molecular weight excluding hydrogens is 276 g/mol. The molecule has 0 radical (unpaired) electrons. The molecule has 0 aromatic carbocycles. The molecule has 0 spiro atoms. The van der Waals surface area contributed by atoms with Crippen molar-refractivity contribution in [3.05, 3.63) is 0 Å². The van der Waals surface area contributed by atoms with Gasteiger partial charge in [0.1, 0.15) is 13.1 Å². The number of nitrogens with zero attached hydrogens (tertiary/aromatic N) is 2. The Morgan fingerprint density at radius 2 is 1.26 bits per heavy atom. The van der Waals surface area contributed by atoms with Gasteiger partial charge < -0.3 is 10.2 Å². The summed E-state index contributed by atoms with van der Waals surface area (Å²) in [6.45, 7) is 2.31. The molecule has 0 heterocycles. The lowest BCUT2D eigenvalue weighted by molar-refractivity contribution is -0.139. The predicted octanol–water partition coefficient (Wildman–Crippen LogP) is -0.176. The number of hydrogen-bond acceptors (Lipinski definition) is 4. The summed E-state index contributed by atoms with van der Waals surface area (Å²) in [7, 11) is -4.07. The summed E-state index contributed by atoms with van der Waals surface area (Å²) < 4.78 is 26.0. The van der Waals surface area contributed by atoms with Gasteiger partial charge in [-0.1, -0.05) is 13.8 Å². The number of aliphatic carboxylic acids is 2. The van der Waals surface area contributed by atoms with Crippen LogP contribution in [0.3, 0.4) is 0 Å². The van der Waals surface area contributed by atoms with Crippen molar-refractivity contribution in [3.63, 3.8) is 0 Å². The van der Waals surface area contributed by atoms with Crippen molar-refractivity contribution in [2.24, 2.45) is 0 Å². The van der Waals surface area contributed by atoms with Gasteiger partial charge in [0.05, 0.1) is 0 Å². The molecule has 0 saturated heterocycles. The lowest BCUT2D eigenvalue weighted by atomic mass is 10.4. The van der Waals surface area contributed by atoms with Gasteiger partial charge in [-0.15, -0.1) is 0 Å². The zero-order valence-corrected chi connectivity index (χ0v) is 11.9. The van der Waals surface area contributed by atoms with Crippen LogP contribution in [0.2, 0.25) is 0 Å². The van der Waals surface area contributed by atoms with Crippen molar-refractivity contribution >= 4 is 22.1 Å². The maximum absolute atomic E-state index is 12.2. The largest absolute Gasteiger partial charge is 0.480 e. The van der Waals surface area contributed by atoms with Crippen LogP contribution in [0.1, 0.15) is 26.7 Å². The highest BCUT2D eigenvalue weighted by atomic mass is 32.2. The summed E-state index contributed by atoms with van der Waals surface area (Å²) in [5, 5.41) is 17.4. The second-order valence-corrected chi connectivity index (χ2v) is 5.89. The molecule has 0 aliphatic heterocycles. The van der Waals surface area contributed by atoms with E-state index in [1.165, 1.54) is 0 Å². The van der Waals surface area contributed by atoms with E-state index in [1.807, 2.05) is 0 Å². The van der Waals surface area contributed by atoms with E-state index in [4.69, 9.17) is 10.2 Å². The molecule has 0 unspecified atom stereocenters. The predicted molar refractivity (Wildman–Crippen MR) is 67.9 cm³/mol. The quantitative estimate of drug-likeness (QED) is 0.578. The Morgan fingerprint density at radius 3 is 1.53 bits per heavy atom. The first-order chi connectivity index (χ1) is 8.75. The van der Waals surface area contributed by atoms with Crippen LogP contribution >= 0.6 is 0 Å². The van der Waals surface area contributed by atoms with Crippen molar-refractivity contribution in [1.29, 1.82) is 0 Å². The normalized spacial score (nSPS) is 12.0. The van der Waals surface area contributed by atoms with E-state index < -0.39 is 35.2 Å². The van der Waals surface area contributed by atoms with Gasteiger partial charge in [0.25, 0.3) is 10.2 Å². The summed E-state index contributed by atoms with van der Waals surface area (Å²) in [4.78, 5) is 21.3. The fourth-order valence-corrected chi connectivity index (χ4v) is 3.23. The third-order valence-corrected chi connectivity index (χ3v) is 4.15. The van der Waals surface area contributed by atoms with E-state index in [-0.39, 0.29) is 13.1 Å². The minimum Gasteiger partial charge on any atom is -0.480 e. The molecule has 19 heavy (non-hydrogen) atoms. The third-order valence-electron chi connectivity index (χ3n) is 2.22. The summed E-state index contributed by atoms with van der Waals surface area (Å²) in [6, 6.07) is 0. The highest BCUT2D eigenvalue weighted by Crippen LogP contribution is 2.10. The maximum Gasteiger partial charge on any atom is 0.318 e. The standard InChI is InChI=1S/C10H20N2O6S/c1-3-5-11(6-4-2)19(17,18)12(7-9(13)14)8-10(15)16/h3-8H2,1-2H3,(H,13,14)(H,15,16). The third kappa shape index (κ3) is 5.99. The van der Waals surface area contributed by atoms with Crippen LogP contribution in [0.4, 0.5) is 0 Å². The lowest BCUT2D eigenvalue weighted by Crippen LogP contribution is -2.48. The zero-order valence-electron chi connectivity index (χ0n) is 11.1. The van der Waals surface area contributed by atoms with Crippen molar-refractivity contribution in [2.45, 2.75) is 26.7 Å². The molecule has 0 amide bonds. The van der Waals surface area contributed by atoms with Crippen LogP contribution in [0, 0.1) is 0 Å². The monoisotopic (exact) mass is 296 g/mol. The average molecular weight is 296 g/mol. The van der Waals surface area contributed by atoms with Crippen molar-refractivity contribution < 1.29 is 28.2 Å². The second-order valence-electron chi connectivity index (χ2n) is 3.96. The highest BCUT2D eigenvalue weighted by molar-refractivity contribution is 7.86. The molecule has 0 aliphatic carbocycles. The minimum atomic E-state index is -4.07. The average Bonchev–Trinajstić information content (AvgIpc) is 2.26. The second kappa shape index (κ2) is 8.08. The first-order valence-electron chi connectivity index (χ1n) is 5.94. The fourth-order valence-electron chi connectivity index (χ4n) is 1.53. The Bertz CT molecular complexity index is 386. The van der Waals surface area contributed by atoms with Crippen LogP contribution < -0.4 is 0 Å². The van der Waals surface area contributed by atoms with Crippen LogP contribution in [0.15, 0.2) is 0 Å². The Hall–Kier alpha value is -1.19. The summed E-state index contributed by atoms with van der Waals surface area (Å²) in [5.41, 5.74) is 0. The first-order valence-corrected chi connectivity index (χ1v) is 7.34. The molecule has 0 rings (SSSR count). The lowest BCUT2D eigenvalue weighted by Gasteiger charge is -2.27. The Morgan fingerprint density at radius 1 is 0.895 bits per heavy atom. The molecule has 0 fully saturated rings. The molecule has 8 nitrogen and oxygen atoms in total. The van der Waals surface area contributed by atoms with Crippen LogP contribution in [0.25, 0.3) is 0 Å². The maximum atomic E-state index is 12.2. The van der Waals surface area contributed by atoms with E-state index in [0.717, 1.165) is 4.31 Å². The Labute approximate surface area is 112 Å². The van der Waals surface area contributed by atoms with Crippen molar-refractivity contribution in [2.75, 3.05) is 26.2 Å². The number of carboxylic acid groups (broad SMARTS) is 2. The molecule has 112 valence electrons. The van der Waals surface area contributed by atoms with E-state index in [1.54, 1.807) is 13.8 Å². The molecule has 0 aliphatic rings. The van der Waals surface area contributed by atoms with Gasteiger partial charge in [-0.2, -0.15) is 17.0 Å². The smallest absolute Gasteiger partial charge is 0.318 e. The van der Waals surface area contributed by atoms with Crippen LogP contribution in [-0.2, 0) is 19.8 Å². The van der Waals surface area contributed by atoms with Crippen LogP contribution in [-0.4, -0.2) is 65.4 Å². The topological polar surface area (TPSA) is 115 Å². The van der Waals surface area contributed by atoms with E-state index in [2.05, 4.69) is 0 Å². The zero-order chi connectivity index (χ0) is 15.1. The van der Waals surface area contributed by atoms with Gasteiger partial charge in [0, 0.05) is 13.1 Å². The molecule has 0 atom stereocenters. The molecule has 2 N–H and O–H groups in total. The Kier molecular flexibility index (Phi) is 7.57. The van der Waals surface area contributed by atoms with E-state index in [9.17, 15) is 18.0 Å². The molecule has 0 bridgehead atoms. The molecule has 0 saturated carbocycles. The highest BCUT2D eigenvalue weighted by Gasteiger charge is 2.31. The molecule has 9 heteroatoms. The minimum absolute atomic E-state index is 0.228. The summed E-state index contributed by atoms with van der Waals surface area (Å²) in [6.07, 6.45) is 1.13. The molecular formula is C10H20N2O6S. The van der Waals surface area contributed by atoms with Crippen LogP contribution in [0.5, 0.6) is 0 Å². The van der Waals surface area contributed by atoms with Gasteiger partial charge in [-0.25, -0.2) is 0 Å². The molecule has 0 aromatic heterocycles. The number of carbonyl (C=O) groups is 2. The van der Waals surface area contributed by atoms with Gasteiger partial charge in [-0.05, 0) is 12.8 Å². The van der Waals surface area contributed by atoms with E-state index in [0.29, 0.717) is 17.1 Å². The van der Waals surface area contributed by atoms with Gasteiger partial charge in [0.15, 0.2) is 0 Å². The fraction of sp³-hybridized carbons (Fsp3) is 0.800. The van der Waals surface area contributed by atoms with Crippen molar-refractivity contribution in [3.8, 4) is 0 Å². The Balaban J connectivity index is 5.21. The van der Waals surface area contributed by atoms with Gasteiger partial charge in [-0.3, -0.25) is 9.59 Å². The van der Waals surface area contributed by atoms with Gasteiger partial charge in [0.2, 0.25) is 0 Å². The SMILES string of the molecule is CCCN(CCC)S(=O)(=O)N(CC(=O)O)CC(=O)O. The van der Waals surface area contributed by atoms with E-state index >= 15 is 0 Å². The number of rotatable bonds is 10. The van der Waals surface area contributed by atoms with Crippen molar-refractivity contribution in [1.82, 2.24) is 8.61 Å². The summed E-state index contributed by atoms with van der Waals surface area (Å²) >= 11 is 0.